The van der Waals surface area contributed by atoms with Crippen molar-refractivity contribution >= 4 is 28.9 Å². The van der Waals surface area contributed by atoms with Crippen LogP contribution in [0.4, 0.5) is 4.39 Å². The second kappa shape index (κ2) is 9.54. The lowest BCUT2D eigenvalue weighted by atomic mass is 10.2. The molecule has 4 nitrogen and oxygen atoms in total. The van der Waals surface area contributed by atoms with E-state index < -0.39 is 5.29 Å². The van der Waals surface area contributed by atoms with E-state index in [-0.39, 0.29) is 6.61 Å². The maximum absolute atomic E-state index is 12.4. The number of hydrogen-bond acceptors (Lipinski definition) is 4. The van der Waals surface area contributed by atoms with E-state index in [0.717, 1.165) is 17.4 Å². The fourth-order valence-corrected chi connectivity index (χ4v) is 1.90. The van der Waals surface area contributed by atoms with Crippen LogP contribution in [0.1, 0.15) is 19.4 Å². The van der Waals surface area contributed by atoms with Gasteiger partial charge < -0.3 is 14.3 Å². The van der Waals surface area contributed by atoms with Gasteiger partial charge in [-0.05, 0) is 32.4 Å². The minimum absolute atomic E-state index is 0.0213. The average molecular weight is 350 g/mol. The maximum Gasteiger partial charge on any atom is 0.188 e. The highest BCUT2D eigenvalue weighted by Gasteiger charge is 2.09. The molecule has 1 aromatic rings. The zero-order chi connectivity index (χ0) is 16.5. The van der Waals surface area contributed by atoms with Crippen LogP contribution in [0, 0.1) is 6.92 Å². The minimum Gasteiger partial charge on any atom is -0.489 e. The molecule has 1 aromatic carbocycles. The average Bonchev–Trinajstić information content (AvgIpc) is 2.40. The maximum atomic E-state index is 12.4. The van der Waals surface area contributed by atoms with Crippen molar-refractivity contribution in [2.24, 2.45) is 5.16 Å². The molecular weight excluding hydrogens is 332 g/mol. The second-order valence-electron chi connectivity index (χ2n) is 4.58. The first-order valence-electron chi connectivity index (χ1n) is 6.60. The molecule has 0 N–H and O–H groups in total. The lowest BCUT2D eigenvalue weighted by Crippen LogP contribution is -2.06. The third kappa shape index (κ3) is 7.00. The van der Waals surface area contributed by atoms with Gasteiger partial charge in [0.05, 0.1) is 10.7 Å². The summed E-state index contributed by atoms with van der Waals surface area (Å²) in [6.45, 7) is 6.17. The predicted molar refractivity (Wildman–Crippen MR) is 87.0 cm³/mol. The van der Waals surface area contributed by atoms with Gasteiger partial charge in [0.15, 0.2) is 11.9 Å². The summed E-state index contributed by atoms with van der Waals surface area (Å²) in [4.78, 5) is 5.04. The molecule has 0 spiro atoms. The Kier molecular flexibility index (Phi) is 8.06. The SMILES string of the molecule is CC(C)=NOCCOc1c(C)cc(OC/C=C(\F)Cl)cc1Cl. The van der Waals surface area contributed by atoms with Gasteiger partial charge in [0.2, 0.25) is 0 Å². The molecule has 0 aliphatic carbocycles. The molecule has 0 fully saturated rings. The van der Waals surface area contributed by atoms with Crippen LogP contribution in [0.15, 0.2) is 28.7 Å². The summed E-state index contributed by atoms with van der Waals surface area (Å²) < 4.78 is 23.3. The molecule has 0 heterocycles. The molecule has 1 rings (SSSR count). The number of ether oxygens (including phenoxy) is 2. The minimum atomic E-state index is -0.812. The molecule has 0 aliphatic heterocycles. The van der Waals surface area contributed by atoms with Crippen molar-refractivity contribution in [3.05, 3.63) is 34.1 Å². The summed E-state index contributed by atoms with van der Waals surface area (Å²) in [5, 5.41) is 3.39. The number of benzene rings is 1. The van der Waals surface area contributed by atoms with E-state index >= 15 is 0 Å². The largest absolute Gasteiger partial charge is 0.489 e. The molecule has 0 amide bonds. The number of hydrogen-bond donors (Lipinski definition) is 0. The van der Waals surface area contributed by atoms with E-state index in [1.807, 2.05) is 20.8 Å². The van der Waals surface area contributed by atoms with Crippen LogP contribution in [-0.2, 0) is 4.84 Å². The van der Waals surface area contributed by atoms with Crippen LogP contribution in [0.5, 0.6) is 11.5 Å². The number of aryl methyl sites for hydroxylation is 1. The highest BCUT2D eigenvalue weighted by Crippen LogP contribution is 2.33. The van der Waals surface area contributed by atoms with Crippen LogP contribution in [0.2, 0.25) is 5.02 Å². The number of halogens is 3. The predicted octanol–water partition coefficient (Wildman–Crippen LogP) is 4.87. The zero-order valence-electron chi connectivity index (χ0n) is 12.7. The first-order chi connectivity index (χ1) is 10.4. The van der Waals surface area contributed by atoms with Crippen molar-refractivity contribution in [1.29, 1.82) is 0 Å². The van der Waals surface area contributed by atoms with Crippen LogP contribution in [0.3, 0.4) is 0 Å². The van der Waals surface area contributed by atoms with Gasteiger partial charge >= 0.3 is 0 Å². The van der Waals surface area contributed by atoms with Gasteiger partial charge in [-0.3, -0.25) is 0 Å². The fourth-order valence-electron chi connectivity index (χ4n) is 1.52. The Balaban J connectivity index is 2.58. The molecule has 22 heavy (non-hydrogen) atoms. The van der Waals surface area contributed by atoms with Gasteiger partial charge in [-0.2, -0.15) is 4.39 Å². The highest BCUT2D eigenvalue weighted by molar-refractivity contribution is 6.32. The van der Waals surface area contributed by atoms with Gasteiger partial charge in [-0.15, -0.1) is 0 Å². The molecule has 122 valence electrons. The Bertz CT molecular complexity index is 531. The quantitative estimate of drug-likeness (QED) is 0.382. The second-order valence-corrected chi connectivity index (χ2v) is 5.34. The molecular formula is C15H18Cl2FNO3. The Morgan fingerprint density at radius 3 is 2.59 bits per heavy atom. The lowest BCUT2D eigenvalue weighted by Gasteiger charge is -2.13. The summed E-state index contributed by atoms with van der Waals surface area (Å²) in [6, 6.07) is 3.34. The Hall–Kier alpha value is -1.46. The highest BCUT2D eigenvalue weighted by atomic mass is 35.5. The first kappa shape index (κ1) is 18.6. The molecule has 0 unspecified atom stereocenters. The van der Waals surface area contributed by atoms with Gasteiger partial charge in [0, 0.05) is 12.1 Å². The summed E-state index contributed by atoms with van der Waals surface area (Å²) in [5.41, 5.74) is 1.63. The summed E-state index contributed by atoms with van der Waals surface area (Å²) >= 11 is 11.2. The molecule has 0 atom stereocenters. The van der Waals surface area contributed by atoms with Crippen LogP contribution in [0.25, 0.3) is 0 Å². The van der Waals surface area contributed by atoms with E-state index in [4.69, 9.17) is 37.5 Å². The Morgan fingerprint density at radius 2 is 2.00 bits per heavy atom. The zero-order valence-corrected chi connectivity index (χ0v) is 14.2. The van der Waals surface area contributed by atoms with E-state index in [9.17, 15) is 4.39 Å². The third-order valence-electron chi connectivity index (χ3n) is 2.36. The van der Waals surface area contributed by atoms with Crippen molar-refractivity contribution in [3.63, 3.8) is 0 Å². The normalized spacial score (nSPS) is 11.1. The van der Waals surface area contributed by atoms with Crippen LogP contribution < -0.4 is 9.47 Å². The standard InChI is InChI=1S/C15H18Cl2FNO3/c1-10(2)19-22-7-6-21-15-11(3)8-12(9-13(15)16)20-5-4-14(17)18/h4,8-9H,5-7H2,1-3H3/b14-4-. The van der Waals surface area contributed by atoms with Gasteiger partial charge in [-0.1, -0.05) is 28.4 Å². The van der Waals surface area contributed by atoms with Crippen molar-refractivity contribution in [2.75, 3.05) is 19.8 Å². The summed E-state index contributed by atoms with van der Waals surface area (Å²) in [7, 11) is 0. The molecule has 0 saturated carbocycles. The molecule has 0 saturated heterocycles. The van der Waals surface area contributed by atoms with Gasteiger partial charge in [0.1, 0.15) is 24.7 Å². The molecule has 0 radical (unpaired) electrons. The molecule has 0 aliphatic rings. The van der Waals surface area contributed by atoms with Gasteiger partial charge in [-0.25, -0.2) is 0 Å². The van der Waals surface area contributed by atoms with Crippen molar-refractivity contribution in [3.8, 4) is 11.5 Å². The van der Waals surface area contributed by atoms with E-state index in [2.05, 4.69) is 5.16 Å². The van der Waals surface area contributed by atoms with Crippen molar-refractivity contribution in [1.82, 2.24) is 0 Å². The number of oxime groups is 1. The van der Waals surface area contributed by atoms with Crippen molar-refractivity contribution < 1.29 is 18.7 Å². The topological polar surface area (TPSA) is 40.0 Å². The van der Waals surface area contributed by atoms with Crippen LogP contribution >= 0.6 is 23.2 Å². The van der Waals surface area contributed by atoms with E-state index in [0.29, 0.717) is 29.7 Å². The molecule has 0 bridgehead atoms. The third-order valence-corrected chi connectivity index (χ3v) is 2.79. The van der Waals surface area contributed by atoms with E-state index in [1.165, 1.54) is 0 Å². The molecule has 0 aromatic heterocycles. The summed E-state index contributed by atoms with van der Waals surface area (Å²) in [6.07, 6.45) is 1.11. The lowest BCUT2D eigenvalue weighted by molar-refractivity contribution is 0.106. The first-order valence-corrected chi connectivity index (χ1v) is 7.35. The monoisotopic (exact) mass is 349 g/mol. The van der Waals surface area contributed by atoms with Gasteiger partial charge in [0.25, 0.3) is 0 Å². The Labute approximate surface area is 139 Å². The Morgan fingerprint density at radius 1 is 1.27 bits per heavy atom. The fraction of sp³-hybridized carbons (Fsp3) is 0.400. The van der Waals surface area contributed by atoms with Crippen molar-refractivity contribution in [2.45, 2.75) is 20.8 Å². The smallest absolute Gasteiger partial charge is 0.188 e. The number of nitrogens with zero attached hydrogens (tertiary/aromatic N) is 1. The molecule has 7 heteroatoms. The van der Waals surface area contributed by atoms with E-state index in [1.54, 1.807) is 12.1 Å². The number of rotatable bonds is 8. The summed E-state index contributed by atoms with van der Waals surface area (Å²) in [5.74, 6) is 1.06. The van der Waals surface area contributed by atoms with Crippen LogP contribution in [-0.4, -0.2) is 25.5 Å².